The number of anilines is 1. The molecular weight excluding hydrogens is 194 g/mol. The zero-order valence-corrected chi connectivity index (χ0v) is 8.63. The molecule has 0 aliphatic carbocycles. The molecule has 5 heteroatoms. The number of nitrogen functional groups attached to an aromatic ring is 1. The number of hydrogen-bond acceptors (Lipinski definition) is 3. The minimum absolute atomic E-state index is 0.231. The van der Waals surface area contributed by atoms with Gasteiger partial charge in [0, 0.05) is 25.3 Å². The van der Waals surface area contributed by atoms with Gasteiger partial charge in [0.2, 0.25) is 0 Å². The Bertz CT molecular complexity index is 402. The smallest absolute Gasteiger partial charge is 0.253 e. The summed E-state index contributed by atoms with van der Waals surface area (Å²) in [6.07, 6.45) is 0. The van der Waals surface area contributed by atoms with E-state index in [1.807, 2.05) is 0 Å². The summed E-state index contributed by atoms with van der Waals surface area (Å²) in [6.45, 7) is 0. The molecule has 4 N–H and O–H groups in total. The predicted molar refractivity (Wildman–Crippen MR) is 57.6 cm³/mol. The highest BCUT2D eigenvalue weighted by atomic mass is 16.2. The SMILES string of the molecule is CNC(=O)c1ccc(C(=O)NC)c(N)c1. The molecule has 1 rings (SSSR count). The van der Waals surface area contributed by atoms with E-state index in [0.29, 0.717) is 11.1 Å². The molecule has 0 spiro atoms. The zero-order valence-electron chi connectivity index (χ0n) is 8.63. The maximum absolute atomic E-state index is 11.3. The first-order chi connectivity index (χ1) is 7.10. The summed E-state index contributed by atoms with van der Waals surface area (Å²) in [5.41, 5.74) is 6.74. The van der Waals surface area contributed by atoms with Gasteiger partial charge in [-0.2, -0.15) is 0 Å². The summed E-state index contributed by atoms with van der Waals surface area (Å²) in [5.74, 6) is -0.499. The molecular formula is C10H13N3O2. The number of nitrogens with one attached hydrogen (secondary N) is 2. The average molecular weight is 207 g/mol. The number of carbonyl (C=O) groups excluding carboxylic acids is 2. The maximum Gasteiger partial charge on any atom is 0.253 e. The standard InChI is InChI=1S/C10H13N3O2/c1-12-9(14)6-3-4-7(8(11)5-6)10(15)13-2/h3-5H,11H2,1-2H3,(H,12,14)(H,13,15). The van der Waals surface area contributed by atoms with E-state index in [1.165, 1.54) is 26.2 Å². The van der Waals surface area contributed by atoms with Crippen molar-refractivity contribution in [3.05, 3.63) is 29.3 Å². The fourth-order valence-corrected chi connectivity index (χ4v) is 1.19. The first-order valence-corrected chi connectivity index (χ1v) is 4.43. The number of carbonyl (C=O) groups is 2. The van der Waals surface area contributed by atoms with Crippen LogP contribution in [0.3, 0.4) is 0 Å². The van der Waals surface area contributed by atoms with E-state index in [1.54, 1.807) is 6.07 Å². The zero-order chi connectivity index (χ0) is 11.4. The Morgan fingerprint density at radius 1 is 1.13 bits per heavy atom. The molecule has 80 valence electrons. The van der Waals surface area contributed by atoms with E-state index >= 15 is 0 Å². The lowest BCUT2D eigenvalue weighted by Gasteiger charge is -2.06. The fourth-order valence-electron chi connectivity index (χ4n) is 1.19. The highest BCUT2D eigenvalue weighted by Gasteiger charge is 2.10. The molecule has 0 unspecified atom stereocenters. The molecule has 0 heterocycles. The van der Waals surface area contributed by atoms with Crippen molar-refractivity contribution in [2.24, 2.45) is 0 Å². The number of benzene rings is 1. The highest BCUT2D eigenvalue weighted by Crippen LogP contribution is 2.14. The summed E-state index contributed by atoms with van der Waals surface area (Å²) in [6, 6.07) is 4.56. The van der Waals surface area contributed by atoms with Crippen LogP contribution in [0.15, 0.2) is 18.2 Å². The van der Waals surface area contributed by atoms with Gasteiger partial charge in [-0.1, -0.05) is 0 Å². The van der Waals surface area contributed by atoms with Crippen LogP contribution in [0, 0.1) is 0 Å². The molecule has 1 aromatic carbocycles. The van der Waals surface area contributed by atoms with Crippen LogP contribution >= 0.6 is 0 Å². The maximum atomic E-state index is 11.3. The molecule has 0 aliphatic rings. The van der Waals surface area contributed by atoms with Crippen molar-refractivity contribution < 1.29 is 9.59 Å². The van der Waals surface area contributed by atoms with Gasteiger partial charge < -0.3 is 16.4 Å². The average Bonchev–Trinajstić information content (AvgIpc) is 2.26. The Kier molecular flexibility index (Phi) is 3.28. The third-order valence-corrected chi connectivity index (χ3v) is 2.01. The van der Waals surface area contributed by atoms with Crippen molar-refractivity contribution in [1.29, 1.82) is 0 Å². The second-order valence-electron chi connectivity index (χ2n) is 2.96. The molecule has 0 aliphatic heterocycles. The van der Waals surface area contributed by atoms with E-state index in [2.05, 4.69) is 10.6 Å². The van der Waals surface area contributed by atoms with E-state index in [9.17, 15) is 9.59 Å². The Hall–Kier alpha value is -2.04. The summed E-state index contributed by atoms with van der Waals surface area (Å²) in [4.78, 5) is 22.5. The second kappa shape index (κ2) is 4.45. The largest absolute Gasteiger partial charge is 0.398 e. The van der Waals surface area contributed by atoms with Gasteiger partial charge in [0.25, 0.3) is 11.8 Å². The third-order valence-electron chi connectivity index (χ3n) is 2.01. The molecule has 0 atom stereocenters. The van der Waals surface area contributed by atoms with Crippen molar-refractivity contribution >= 4 is 17.5 Å². The Labute approximate surface area is 87.7 Å². The van der Waals surface area contributed by atoms with Crippen LogP contribution in [-0.2, 0) is 0 Å². The van der Waals surface area contributed by atoms with Crippen LogP contribution in [0.5, 0.6) is 0 Å². The van der Waals surface area contributed by atoms with Gasteiger partial charge in [0.15, 0.2) is 0 Å². The van der Waals surface area contributed by atoms with E-state index in [0.717, 1.165) is 0 Å². The first-order valence-electron chi connectivity index (χ1n) is 4.43. The van der Waals surface area contributed by atoms with Crippen LogP contribution in [-0.4, -0.2) is 25.9 Å². The van der Waals surface area contributed by atoms with Gasteiger partial charge in [-0.15, -0.1) is 0 Å². The normalized spacial score (nSPS) is 9.47. The molecule has 0 radical (unpaired) electrons. The highest BCUT2D eigenvalue weighted by molar-refractivity contribution is 6.02. The first kappa shape index (κ1) is 11.0. The fraction of sp³-hybridized carbons (Fsp3) is 0.200. The van der Waals surface area contributed by atoms with Crippen LogP contribution < -0.4 is 16.4 Å². The van der Waals surface area contributed by atoms with Gasteiger partial charge in [0.1, 0.15) is 0 Å². The van der Waals surface area contributed by atoms with Crippen LogP contribution in [0.1, 0.15) is 20.7 Å². The van der Waals surface area contributed by atoms with Crippen molar-refractivity contribution in [3.8, 4) is 0 Å². The number of rotatable bonds is 2. The Morgan fingerprint density at radius 3 is 2.20 bits per heavy atom. The summed E-state index contributed by atoms with van der Waals surface area (Å²) >= 11 is 0. The molecule has 2 amide bonds. The molecule has 0 aromatic heterocycles. The second-order valence-corrected chi connectivity index (χ2v) is 2.96. The van der Waals surface area contributed by atoms with E-state index < -0.39 is 0 Å². The summed E-state index contributed by atoms with van der Waals surface area (Å²) in [7, 11) is 3.06. The lowest BCUT2D eigenvalue weighted by Crippen LogP contribution is -2.21. The van der Waals surface area contributed by atoms with E-state index in [4.69, 9.17) is 5.73 Å². The number of nitrogens with two attached hydrogens (primary N) is 1. The predicted octanol–water partition coefficient (Wildman–Crippen LogP) is -0.0120. The minimum atomic E-state index is -0.268. The quantitative estimate of drug-likeness (QED) is 0.596. The number of amides is 2. The monoisotopic (exact) mass is 207 g/mol. The minimum Gasteiger partial charge on any atom is -0.398 e. The lowest BCUT2D eigenvalue weighted by molar-refractivity contribution is 0.0952. The van der Waals surface area contributed by atoms with Crippen LogP contribution in [0.4, 0.5) is 5.69 Å². The van der Waals surface area contributed by atoms with Gasteiger partial charge in [0.05, 0.1) is 5.56 Å². The molecule has 0 fully saturated rings. The molecule has 1 aromatic rings. The molecule has 0 saturated carbocycles. The third kappa shape index (κ3) is 2.25. The van der Waals surface area contributed by atoms with Gasteiger partial charge in [-0.05, 0) is 18.2 Å². The van der Waals surface area contributed by atoms with Crippen molar-refractivity contribution in [2.45, 2.75) is 0 Å². The number of hydrogen-bond donors (Lipinski definition) is 3. The van der Waals surface area contributed by atoms with Crippen LogP contribution in [0.2, 0.25) is 0 Å². The summed E-state index contributed by atoms with van der Waals surface area (Å²) in [5, 5.41) is 4.94. The van der Waals surface area contributed by atoms with Gasteiger partial charge in [-0.25, -0.2) is 0 Å². The van der Waals surface area contributed by atoms with Crippen molar-refractivity contribution in [2.75, 3.05) is 19.8 Å². The molecule has 0 bridgehead atoms. The van der Waals surface area contributed by atoms with Crippen molar-refractivity contribution in [3.63, 3.8) is 0 Å². The van der Waals surface area contributed by atoms with Crippen molar-refractivity contribution in [1.82, 2.24) is 10.6 Å². The Morgan fingerprint density at radius 2 is 1.73 bits per heavy atom. The summed E-state index contributed by atoms with van der Waals surface area (Å²) < 4.78 is 0. The van der Waals surface area contributed by atoms with E-state index in [-0.39, 0.29) is 17.5 Å². The Balaban J connectivity index is 3.08. The van der Waals surface area contributed by atoms with Gasteiger partial charge >= 0.3 is 0 Å². The molecule has 5 nitrogen and oxygen atoms in total. The molecule has 0 saturated heterocycles. The van der Waals surface area contributed by atoms with Crippen LogP contribution in [0.25, 0.3) is 0 Å². The van der Waals surface area contributed by atoms with Gasteiger partial charge in [-0.3, -0.25) is 9.59 Å². The lowest BCUT2D eigenvalue weighted by atomic mass is 10.1. The molecule has 15 heavy (non-hydrogen) atoms. The topological polar surface area (TPSA) is 84.2 Å².